The molecule has 12 heteroatoms. The average Bonchev–Trinajstić information content (AvgIpc) is 3.16. The molecule has 0 aromatic heterocycles. The minimum Gasteiger partial charge on any atom is -0.388 e. The van der Waals surface area contributed by atoms with Gasteiger partial charge in [0, 0.05) is 23.9 Å². The number of aliphatic hydroxyl groups excluding tert-OH is 2. The van der Waals surface area contributed by atoms with Crippen molar-refractivity contribution in [1.29, 1.82) is 0 Å². The van der Waals surface area contributed by atoms with E-state index >= 15 is 0 Å². The fraction of sp³-hybridized carbons (Fsp3) is 0.762. The largest absolute Gasteiger partial charge is 0.388 e. The maximum absolute atomic E-state index is 12.8. The van der Waals surface area contributed by atoms with Crippen molar-refractivity contribution in [3.63, 3.8) is 0 Å². The van der Waals surface area contributed by atoms with Crippen molar-refractivity contribution in [3.05, 3.63) is 23.0 Å². The van der Waals surface area contributed by atoms with Gasteiger partial charge < -0.3 is 40.1 Å². The molecule has 1 fully saturated rings. The molecule has 0 aromatic carbocycles. The highest BCUT2D eigenvalue weighted by atomic mass is 32.1. The number of thiocarbonyl (C=S) groups is 1. The minimum atomic E-state index is -4.41. The van der Waals surface area contributed by atoms with Gasteiger partial charge in [0.1, 0.15) is 18.4 Å². The predicted octanol–water partition coefficient (Wildman–Crippen LogP) is 1.61. The van der Waals surface area contributed by atoms with Gasteiger partial charge in [-0.25, -0.2) is 0 Å². The van der Waals surface area contributed by atoms with Crippen LogP contribution in [0.4, 0.5) is 0 Å². The molecular formula is C21H36N3O7PS. The summed E-state index contributed by atoms with van der Waals surface area (Å²) in [5.74, 6) is 0. The van der Waals surface area contributed by atoms with E-state index in [1.165, 1.54) is 6.92 Å². The van der Waals surface area contributed by atoms with Crippen molar-refractivity contribution in [1.82, 2.24) is 15.5 Å². The normalized spacial score (nSPS) is 35.2. The summed E-state index contributed by atoms with van der Waals surface area (Å²) in [5.41, 5.74) is 1.83. The lowest BCUT2D eigenvalue weighted by molar-refractivity contribution is -0.0741. The molecule has 1 saturated heterocycles. The van der Waals surface area contributed by atoms with Gasteiger partial charge >= 0.3 is 7.60 Å². The van der Waals surface area contributed by atoms with E-state index in [0.717, 1.165) is 16.8 Å². The summed E-state index contributed by atoms with van der Waals surface area (Å²) in [4.78, 5) is 12.0. The maximum Gasteiger partial charge on any atom is 0.359 e. The molecule has 6 N–H and O–H groups in total. The van der Waals surface area contributed by atoms with Crippen LogP contribution in [-0.2, 0) is 13.8 Å². The Labute approximate surface area is 200 Å². The Kier molecular flexibility index (Phi) is 7.41. The maximum atomic E-state index is 12.8. The second kappa shape index (κ2) is 9.20. The quantitative estimate of drug-likeness (QED) is 0.211. The molecule has 0 amide bonds. The fourth-order valence-corrected chi connectivity index (χ4v) is 5.78. The molecule has 188 valence electrons. The van der Waals surface area contributed by atoms with Gasteiger partial charge in [0.2, 0.25) is 0 Å². The average molecular weight is 506 g/mol. The molecule has 0 saturated carbocycles. The van der Waals surface area contributed by atoms with Crippen molar-refractivity contribution in [2.24, 2.45) is 0 Å². The van der Waals surface area contributed by atoms with Crippen LogP contribution in [0.5, 0.6) is 0 Å². The van der Waals surface area contributed by atoms with Crippen molar-refractivity contribution in [2.45, 2.75) is 102 Å². The summed E-state index contributed by atoms with van der Waals surface area (Å²) >= 11 is 5.47. The first-order valence-corrected chi connectivity index (χ1v) is 13.2. The molecule has 0 spiro atoms. The van der Waals surface area contributed by atoms with Gasteiger partial charge in [-0.1, -0.05) is 13.8 Å². The zero-order valence-electron chi connectivity index (χ0n) is 19.9. The van der Waals surface area contributed by atoms with Crippen LogP contribution in [-0.4, -0.2) is 71.9 Å². The molecule has 3 aliphatic heterocycles. The Bertz CT molecular complexity index is 910. The predicted molar refractivity (Wildman–Crippen MR) is 127 cm³/mol. The van der Waals surface area contributed by atoms with E-state index in [2.05, 4.69) is 10.6 Å². The number of hydrogen-bond donors (Lipinski definition) is 6. The summed E-state index contributed by atoms with van der Waals surface area (Å²) in [5, 5.41) is 36.7. The van der Waals surface area contributed by atoms with Gasteiger partial charge in [0.05, 0.1) is 11.7 Å². The van der Waals surface area contributed by atoms with E-state index in [1.807, 2.05) is 13.8 Å². The molecule has 33 heavy (non-hydrogen) atoms. The number of nitrogens with one attached hydrogen (secondary N) is 2. The van der Waals surface area contributed by atoms with Gasteiger partial charge in [0.15, 0.2) is 16.7 Å². The summed E-state index contributed by atoms with van der Waals surface area (Å²) in [6.07, 6.45) is -2.37. The van der Waals surface area contributed by atoms with Crippen LogP contribution in [0.15, 0.2) is 23.0 Å². The number of nitrogens with zero attached hydrogens (tertiary/aromatic N) is 1. The number of aliphatic hydroxyl groups is 3. The van der Waals surface area contributed by atoms with Crippen LogP contribution in [0, 0.1) is 0 Å². The minimum absolute atomic E-state index is 0.0232. The van der Waals surface area contributed by atoms with Gasteiger partial charge in [0.25, 0.3) is 0 Å². The third-order valence-electron chi connectivity index (χ3n) is 7.06. The van der Waals surface area contributed by atoms with Crippen molar-refractivity contribution in [3.8, 4) is 0 Å². The second-order valence-electron chi connectivity index (χ2n) is 9.50. The molecule has 0 bridgehead atoms. The van der Waals surface area contributed by atoms with E-state index in [0.29, 0.717) is 11.5 Å². The summed E-state index contributed by atoms with van der Waals surface area (Å²) < 4.78 is 24.4. The summed E-state index contributed by atoms with van der Waals surface area (Å²) in [6.45, 7) is 10.2. The van der Waals surface area contributed by atoms with Crippen molar-refractivity contribution < 1.29 is 34.0 Å². The molecule has 3 heterocycles. The lowest BCUT2D eigenvalue weighted by atomic mass is 9.93. The van der Waals surface area contributed by atoms with Crippen LogP contribution in [0.2, 0.25) is 0 Å². The fourth-order valence-electron chi connectivity index (χ4n) is 4.11. The van der Waals surface area contributed by atoms with E-state index in [-0.39, 0.29) is 19.0 Å². The number of ether oxygens (including phenoxy) is 1. The molecular weight excluding hydrogens is 469 g/mol. The number of fused-ring (bicyclic) bond motifs is 1. The highest BCUT2D eigenvalue weighted by Gasteiger charge is 2.52. The van der Waals surface area contributed by atoms with Gasteiger partial charge in [-0.15, -0.1) is 0 Å². The Morgan fingerprint density at radius 1 is 1.21 bits per heavy atom. The van der Waals surface area contributed by atoms with Crippen LogP contribution in [0.3, 0.4) is 0 Å². The Balaban J connectivity index is 1.79. The van der Waals surface area contributed by atoms with Gasteiger partial charge in [-0.05, 0) is 58.3 Å². The van der Waals surface area contributed by atoms with Crippen LogP contribution >= 0.6 is 19.8 Å². The smallest absolute Gasteiger partial charge is 0.359 e. The molecule has 8 unspecified atom stereocenters. The lowest BCUT2D eigenvalue weighted by Gasteiger charge is -2.38. The molecule has 8 atom stereocenters. The zero-order valence-corrected chi connectivity index (χ0v) is 21.6. The molecule has 3 rings (SSSR count). The topological polar surface area (TPSA) is 144 Å². The summed E-state index contributed by atoms with van der Waals surface area (Å²) in [7, 11) is -4.41. The first kappa shape index (κ1) is 26.6. The van der Waals surface area contributed by atoms with Crippen LogP contribution in [0.25, 0.3) is 0 Å². The Hall–Kier alpha value is -1.04. The van der Waals surface area contributed by atoms with E-state index in [1.54, 1.807) is 31.9 Å². The third kappa shape index (κ3) is 4.88. The monoisotopic (exact) mass is 505 g/mol. The van der Waals surface area contributed by atoms with E-state index in [4.69, 9.17) is 21.5 Å². The number of hydrogen-bond acceptors (Lipinski definition) is 8. The SMILES string of the molecule is CCC(C)(CC1OC(N2C=C3C(C)=C(C)NC3NC2=S)C(O)C1O)OP(=O)(O)C(C)(O)CC. The van der Waals surface area contributed by atoms with Gasteiger partial charge in [-0.2, -0.15) is 0 Å². The van der Waals surface area contributed by atoms with E-state index < -0.39 is 43.1 Å². The van der Waals surface area contributed by atoms with E-state index in [9.17, 15) is 24.8 Å². The van der Waals surface area contributed by atoms with Gasteiger partial charge in [-0.3, -0.25) is 9.46 Å². The molecule has 0 radical (unpaired) electrons. The van der Waals surface area contributed by atoms with Crippen molar-refractivity contribution in [2.75, 3.05) is 0 Å². The first-order chi connectivity index (χ1) is 15.2. The number of rotatable bonds is 8. The Morgan fingerprint density at radius 3 is 2.42 bits per heavy atom. The molecule has 0 aliphatic carbocycles. The Morgan fingerprint density at radius 2 is 1.85 bits per heavy atom. The third-order valence-corrected chi connectivity index (χ3v) is 9.61. The highest BCUT2D eigenvalue weighted by molar-refractivity contribution is 7.80. The standard InChI is InChI=1S/C21H36N3O7PS/c1-7-20(5,31-32(28,29)21(6,27)8-2)9-14-15(25)16(26)18(30-14)24-10-13-11(3)12(4)22-17(13)23-19(24)33/h10,14-18,22,25-27H,7-9H2,1-6H3,(H,23,33)(H,28,29). The lowest BCUT2D eigenvalue weighted by Crippen LogP contribution is -2.56. The van der Waals surface area contributed by atoms with Crippen LogP contribution in [0.1, 0.15) is 60.8 Å². The molecule has 10 nitrogen and oxygen atoms in total. The summed E-state index contributed by atoms with van der Waals surface area (Å²) in [6, 6.07) is 0. The number of allylic oxidation sites excluding steroid dienone is 1. The highest BCUT2D eigenvalue weighted by Crippen LogP contribution is 2.59. The molecule has 3 aliphatic rings. The zero-order chi connectivity index (χ0) is 24.9. The van der Waals surface area contributed by atoms with Crippen molar-refractivity contribution >= 4 is 24.9 Å². The molecule has 0 aromatic rings. The second-order valence-corrected chi connectivity index (χ2v) is 12.1. The van der Waals surface area contributed by atoms with Crippen LogP contribution < -0.4 is 10.6 Å². The first-order valence-electron chi connectivity index (χ1n) is 11.2.